The molecule has 23 heavy (non-hydrogen) atoms. The fraction of sp³-hybridized carbons (Fsp3) is 0.286. The van der Waals surface area contributed by atoms with Crippen molar-refractivity contribution >= 4 is 41.5 Å². The summed E-state index contributed by atoms with van der Waals surface area (Å²) in [5.41, 5.74) is 0.918. The Bertz CT molecular complexity index is 648. The minimum absolute atomic E-state index is 0. The van der Waals surface area contributed by atoms with Gasteiger partial charge in [0.2, 0.25) is 0 Å². The summed E-state index contributed by atoms with van der Waals surface area (Å²) in [6.07, 6.45) is 2.57. The molecule has 1 aromatic heterocycles. The summed E-state index contributed by atoms with van der Waals surface area (Å²) in [5.74, 6) is 0.708. The minimum Gasteiger partial charge on any atom is -0.352 e. The fourth-order valence-electron chi connectivity index (χ4n) is 1.86. The highest BCUT2D eigenvalue weighted by Crippen LogP contribution is 2.14. The van der Waals surface area contributed by atoms with Crippen molar-refractivity contribution in [1.29, 1.82) is 0 Å². The third-order valence-electron chi connectivity index (χ3n) is 3.00. The molecule has 0 spiro atoms. The smallest absolute Gasteiger partial charge is 0.319 e. The predicted octanol–water partition coefficient (Wildman–Crippen LogP) is 3.41. The van der Waals surface area contributed by atoms with Crippen molar-refractivity contribution in [1.82, 2.24) is 20.2 Å². The fourth-order valence-corrected chi connectivity index (χ4v) is 2.07. The molecule has 126 valence electrons. The van der Waals surface area contributed by atoms with Gasteiger partial charge >= 0.3 is 6.55 Å². The van der Waals surface area contributed by atoms with E-state index in [2.05, 4.69) is 20.6 Å². The number of halogens is 4. The number of benzene rings is 1. The van der Waals surface area contributed by atoms with Crippen molar-refractivity contribution in [3.05, 3.63) is 53.1 Å². The van der Waals surface area contributed by atoms with E-state index in [4.69, 9.17) is 11.6 Å². The van der Waals surface area contributed by atoms with Gasteiger partial charge in [-0.15, -0.1) is 24.0 Å². The number of imidazole rings is 1. The molecule has 1 aromatic carbocycles. The molecule has 0 aliphatic heterocycles. The van der Waals surface area contributed by atoms with E-state index in [0.29, 0.717) is 17.5 Å². The number of aliphatic imine (C=N–C) groups is 1. The summed E-state index contributed by atoms with van der Waals surface area (Å²) in [7, 11) is 1.60. The maximum absolute atomic E-state index is 12.7. The number of hydrogen-bond donors (Lipinski definition) is 2. The average Bonchev–Trinajstić information content (AvgIpc) is 2.98. The van der Waals surface area contributed by atoms with E-state index in [9.17, 15) is 8.78 Å². The van der Waals surface area contributed by atoms with Gasteiger partial charge in [-0.3, -0.25) is 9.56 Å². The lowest BCUT2D eigenvalue weighted by Gasteiger charge is -2.13. The predicted molar refractivity (Wildman–Crippen MR) is 97.4 cm³/mol. The standard InChI is InChI=1S/C14H16ClF2N5.HI/c1-18-14(20-8-10-4-2-3-5-11(10)15)21-9-12-19-6-7-22(12)13(16)17;/h2-7,13H,8-9H2,1H3,(H2,18,20,21);1H. The van der Waals surface area contributed by atoms with E-state index in [1.165, 1.54) is 12.4 Å². The molecular weight excluding hydrogens is 439 g/mol. The summed E-state index contributed by atoms with van der Waals surface area (Å²) in [4.78, 5) is 7.93. The Hall–Kier alpha value is -1.42. The van der Waals surface area contributed by atoms with E-state index < -0.39 is 6.55 Å². The molecule has 0 amide bonds. The van der Waals surface area contributed by atoms with Crippen molar-refractivity contribution in [3.8, 4) is 0 Å². The SMILES string of the molecule is CN=C(NCc1ccccc1Cl)NCc1nccn1C(F)F.I. The summed E-state index contributed by atoms with van der Waals surface area (Å²) in [6, 6.07) is 7.43. The van der Waals surface area contributed by atoms with Gasteiger partial charge in [0.1, 0.15) is 5.82 Å². The Morgan fingerprint density at radius 1 is 1.30 bits per heavy atom. The molecule has 5 nitrogen and oxygen atoms in total. The second-order valence-electron chi connectivity index (χ2n) is 4.40. The van der Waals surface area contributed by atoms with Crippen molar-refractivity contribution in [2.45, 2.75) is 19.6 Å². The maximum Gasteiger partial charge on any atom is 0.319 e. The van der Waals surface area contributed by atoms with Crippen LogP contribution in [0.5, 0.6) is 0 Å². The highest BCUT2D eigenvalue weighted by molar-refractivity contribution is 14.0. The quantitative estimate of drug-likeness (QED) is 0.413. The Balaban J connectivity index is 0.00000264. The lowest BCUT2D eigenvalue weighted by atomic mass is 10.2. The van der Waals surface area contributed by atoms with E-state index >= 15 is 0 Å². The zero-order chi connectivity index (χ0) is 15.9. The third kappa shape index (κ3) is 5.61. The number of rotatable bonds is 5. The Kier molecular flexibility index (Phi) is 8.24. The van der Waals surface area contributed by atoms with Crippen LogP contribution in [0.4, 0.5) is 8.78 Å². The Morgan fingerprint density at radius 2 is 2.00 bits per heavy atom. The molecule has 0 saturated carbocycles. The van der Waals surface area contributed by atoms with E-state index in [1.54, 1.807) is 13.1 Å². The molecule has 0 unspecified atom stereocenters. The lowest BCUT2D eigenvalue weighted by molar-refractivity contribution is 0.0668. The summed E-state index contributed by atoms with van der Waals surface area (Å²) >= 11 is 6.07. The molecule has 0 bridgehead atoms. The first-order valence-corrected chi connectivity index (χ1v) is 6.97. The van der Waals surface area contributed by atoms with Crippen LogP contribution in [0.25, 0.3) is 0 Å². The second kappa shape index (κ2) is 9.66. The molecule has 2 aromatic rings. The van der Waals surface area contributed by atoms with Crippen molar-refractivity contribution in [2.75, 3.05) is 7.05 Å². The van der Waals surface area contributed by atoms with Gasteiger partial charge in [-0.05, 0) is 11.6 Å². The van der Waals surface area contributed by atoms with Crippen LogP contribution in [0, 0.1) is 0 Å². The molecule has 0 aliphatic rings. The normalized spacial score (nSPS) is 11.3. The van der Waals surface area contributed by atoms with Crippen LogP contribution >= 0.6 is 35.6 Å². The van der Waals surface area contributed by atoms with Gasteiger partial charge in [0, 0.05) is 31.0 Å². The number of nitrogens with zero attached hydrogens (tertiary/aromatic N) is 3. The number of hydrogen-bond acceptors (Lipinski definition) is 2. The minimum atomic E-state index is -2.61. The van der Waals surface area contributed by atoms with Gasteiger partial charge in [0.05, 0.1) is 6.54 Å². The molecule has 0 fully saturated rings. The Morgan fingerprint density at radius 3 is 2.65 bits per heavy atom. The van der Waals surface area contributed by atoms with Crippen LogP contribution in [0.15, 0.2) is 41.7 Å². The lowest BCUT2D eigenvalue weighted by Crippen LogP contribution is -2.37. The summed E-state index contributed by atoms with van der Waals surface area (Å²) in [6.45, 7) is -2.00. The Labute approximate surface area is 155 Å². The zero-order valence-corrected chi connectivity index (χ0v) is 15.4. The largest absolute Gasteiger partial charge is 0.352 e. The zero-order valence-electron chi connectivity index (χ0n) is 12.3. The van der Waals surface area contributed by atoms with Gasteiger partial charge in [-0.1, -0.05) is 29.8 Å². The number of alkyl halides is 2. The van der Waals surface area contributed by atoms with Crippen LogP contribution in [0.1, 0.15) is 17.9 Å². The maximum atomic E-state index is 12.7. The van der Waals surface area contributed by atoms with Crippen LogP contribution in [-0.4, -0.2) is 22.6 Å². The van der Waals surface area contributed by atoms with Crippen LogP contribution in [0.2, 0.25) is 5.02 Å². The monoisotopic (exact) mass is 455 g/mol. The number of nitrogens with one attached hydrogen (secondary N) is 2. The summed E-state index contributed by atoms with van der Waals surface area (Å²) < 4.78 is 26.2. The van der Waals surface area contributed by atoms with Gasteiger partial charge in [-0.25, -0.2) is 4.98 Å². The molecule has 9 heteroatoms. The van der Waals surface area contributed by atoms with Crippen molar-refractivity contribution < 1.29 is 8.78 Å². The molecule has 0 saturated heterocycles. The molecular formula is C14H17ClF2IN5. The molecule has 2 rings (SSSR count). The second-order valence-corrected chi connectivity index (χ2v) is 4.81. The first-order chi connectivity index (χ1) is 10.6. The van der Waals surface area contributed by atoms with Crippen LogP contribution in [0.3, 0.4) is 0 Å². The first-order valence-electron chi connectivity index (χ1n) is 6.59. The summed E-state index contributed by atoms with van der Waals surface area (Å²) in [5, 5.41) is 6.66. The van der Waals surface area contributed by atoms with E-state index in [1.807, 2.05) is 18.2 Å². The third-order valence-corrected chi connectivity index (χ3v) is 3.37. The van der Waals surface area contributed by atoms with Crippen LogP contribution in [-0.2, 0) is 13.1 Å². The molecule has 0 radical (unpaired) electrons. The molecule has 1 heterocycles. The van der Waals surface area contributed by atoms with Gasteiger partial charge in [-0.2, -0.15) is 8.78 Å². The highest BCUT2D eigenvalue weighted by atomic mass is 127. The average molecular weight is 456 g/mol. The highest BCUT2D eigenvalue weighted by Gasteiger charge is 2.11. The first kappa shape index (κ1) is 19.6. The molecule has 0 atom stereocenters. The van der Waals surface area contributed by atoms with Gasteiger partial charge < -0.3 is 10.6 Å². The molecule has 2 N–H and O–H groups in total. The van der Waals surface area contributed by atoms with Crippen molar-refractivity contribution in [3.63, 3.8) is 0 Å². The number of aromatic nitrogens is 2. The van der Waals surface area contributed by atoms with Crippen LogP contribution < -0.4 is 10.6 Å². The number of guanidine groups is 1. The van der Waals surface area contributed by atoms with E-state index in [0.717, 1.165) is 10.1 Å². The molecule has 0 aliphatic carbocycles. The van der Waals surface area contributed by atoms with Gasteiger partial charge in [0.15, 0.2) is 5.96 Å². The van der Waals surface area contributed by atoms with Crippen molar-refractivity contribution in [2.24, 2.45) is 4.99 Å². The topological polar surface area (TPSA) is 54.2 Å². The van der Waals surface area contributed by atoms with Gasteiger partial charge in [0.25, 0.3) is 0 Å². The van der Waals surface area contributed by atoms with E-state index in [-0.39, 0.29) is 36.3 Å².